The average Bonchev–Trinajstić information content (AvgIpc) is 3.13. The monoisotopic (exact) mass is 359 g/mol. The Bertz CT molecular complexity index is 773. The van der Waals surface area contributed by atoms with Crippen molar-refractivity contribution in [1.29, 1.82) is 0 Å². The van der Waals surface area contributed by atoms with Crippen molar-refractivity contribution >= 4 is 17.8 Å². The van der Waals surface area contributed by atoms with Crippen molar-refractivity contribution in [3.63, 3.8) is 0 Å². The zero-order valence-electron chi connectivity index (χ0n) is 14.5. The van der Waals surface area contributed by atoms with Crippen LogP contribution in [0, 0.1) is 5.92 Å². The molecular formula is C17H21N5O4. The fraction of sp³-hybridized carbons (Fsp3) is 0.353. The molecule has 9 heteroatoms. The van der Waals surface area contributed by atoms with Crippen molar-refractivity contribution in [2.75, 3.05) is 6.54 Å². The van der Waals surface area contributed by atoms with Gasteiger partial charge in [0.15, 0.2) is 5.82 Å². The largest absolute Gasteiger partial charge is 0.480 e. The summed E-state index contributed by atoms with van der Waals surface area (Å²) in [4.78, 5) is 39.4. The normalized spacial score (nSPS) is 11.8. The van der Waals surface area contributed by atoms with E-state index in [1.54, 1.807) is 30.6 Å². The van der Waals surface area contributed by atoms with Crippen LogP contribution in [0.2, 0.25) is 0 Å². The van der Waals surface area contributed by atoms with Gasteiger partial charge in [-0.1, -0.05) is 19.9 Å². The molecule has 138 valence electrons. The Hall–Kier alpha value is -3.23. The number of hydrogen-bond donors (Lipinski definition) is 3. The van der Waals surface area contributed by atoms with Gasteiger partial charge in [0.2, 0.25) is 5.91 Å². The van der Waals surface area contributed by atoms with Crippen LogP contribution in [0.3, 0.4) is 0 Å². The summed E-state index contributed by atoms with van der Waals surface area (Å²) in [5.41, 5.74) is 0.128. The molecule has 1 atom stereocenters. The van der Waals surface area contributed by atoms with Gasteiger partial charge in [-0.25, -0.2) is 14.5 Å². The molecule has 0 aliphatic heterocycles. The lowest BCUT2D eigenvalue weighted by molar-refractivity contribution is -0.142. The summed E-state index contributed by atoms with van der Waals surface area (Å²) in [6, 6.07) is 5.61. The van der Waals surface area contributed by atoms with E-state index in [-0.39, 0.29) is 18.2 Å². The lowest BCUT2D eigenvalue weighted by atomic mass is 10.0. The topological polar surface area (TPSA) is 126 Å². The molecule has 2 rings (SSSR count). The third-order valence-corrected chi connectivity index (χ3v) is 3.46. The van der Waals surface area contributed by atoms with Crippen molar-refractivity contribution in [2.24, 2.45) is 5.92 Å². The van der Waals surface area contributed by atoms with Gasteiger partial charge in [0, 0.05) is 12.4 Å². The first-order valence-electron chi connectivity index (χ1n) is 8.14. The summed E-state index contributed by atoms with van der Waals surface area (Å²) >= 11 is 0. The van der Waals surface area contributed by atoms with Crippen LogP contribution < -0.4 is 10.6 Å². The highest BCUT2D eigenvalue weighted by molar-refractivity contribution is 5.95. The predicted octanol–water partition coefficient (Wildman–Crippen LogP) is 0.613. The molecule has 2 aromatic heterocycles. The highest BCUT2D eigenvalue weighted by atomic mass is 16.4. The van der Waals surface area contributed by atoms with Gasteiger partial charge in [0.25, 0.3) is 5.91 Å². The Morgan fingerprint density at radius 1 is 1.23 bits per heavy atom. The highest BCUT2D eigenvalue weighted by Crippen LogP contribution is 2.05. The minimum absolute atomic E-state index is 0.111. The molecule has 9 nitrogen and oxygen atoms in total. The van der Waals surface area contributed by atoms with Crippen LogP contribution in [0.1, 0.15) is 30.8 Å². The van der Waals surface area contributed by atoms with Crippen molar-refractivity contribution < 1.29 is 19.5 Å². The number of carboxylic acids is 1. The zero-order valence-corrected chi connectivity index (χ0v) is 14.5. The lowest BCUT2D eigenvalue weighted by Crippen LogP contribution is -2.46. The summed E-state index contributed by atoms with van der Waals surface area (Å²) in [5.74, 6) is -1.64. The Morgan fingerprint density at radius 3 is 2.62 bits per heavy atom. The first kappa shape index (κ1) is 19.1. The number of carbonyl (C=O) groups is 3. The predicted molar refractivity (Wildman–Crippen MR) is 92.7 cm³/mol. The third-order valence-electron chi connectivity index (χ3n) is 3.46. The minimum atomic E-state index is -1.10. The molecule has 0 spiro atoms. The number of pyridine rings is 1. The fourth-order valence-corrected chi connectivity index (χ4v) is 2.27. The molecule has 0 radical (unpaired) electrons. The van der Waals surface area contributed by atoms with Crippen molar-refractivity contribution in [3.8, 4) is 5.82 Å². The minimum Gasteiger partial charge on any atom is -0.480 e. The number of rotatable bonds is 8. The maximum Gasteiger partial charge on any atom is 0.326 e. The van der Waals surface area contributed by atoms with E-state index in [2.05, 4.69) is 20.7 Å². The molecule has 0 aliphatic carbocycles. The van der Waals surface area contributed by atoms with Crippen LogP contribution in [0.25, 0.3) is 5.82 Å². The van der Waals surface area contributed by atoms with Crippen LogP contribution in [-0.4, -0.2) is 50.2 Å². The number of carbonyl (C=O) groups excluding carboxylic acids is 2. The second kappa shape index (κ2) is 8.75. The smallest absolute Gasteiger partial charge is 0.326 e. The SMILES string of the molecule is CC(C)C[C@H](NC(=O)CNC(=O)c1cccc(-n2cccn2)n1)C(=O)O. The number of carboxylic acid groups (broad SMARTS) is 1. The zero-order chi connectivity index (χ0) is 19.1. The Labute approximate surface area is 150 Å². The van der Waals surface area contributed by atoms with Gasteiger partial charge >= 0.3 is 5.97 Å². The van der Waals surface area contributed by atoms with Gasteiger partial charge in [0.1, 0.15) is 11.7 Å². The molecule has 2 amide bonds. The Morgan fingerprint density at radius 2 is 2.00 bits per heavy atom. The number of aromatic nitrogens is 3. The number of hydrogen-bond acceptors (Lipinski definition) is 5. The van der Waals surface area contributed by atoms with Crippen molar-refractivity contribution in [1.82, 2.24) is 25.4 Å². The van der Waals surface area contributed by atoms with Crippen LogP contribution in [0.15, 0.2) is 36.7 Å². The number of aliphatic carboxylic acids is 1. The summed E-state index contributed by atoms with van der Waals surface area (Å²) < 4.78 is 1.51. The number of nitrogens with one attached hydrogen (secondary N) is 2. The second-order valence-electron chi connectivity index (χ2n) is 6.10. The number of nitrogens with zero attached hydrogens (tertiary/aromatic N) is 3. The third kappa shape index (κ3) is 5.40. The van der Waals surface area contributed by atoms with Gasteiger partial charge in [0.05, 0.1) is 6.54 Å². The van der Waals surface area contributed by atoms with E-state index in [1.165, 1.54) is 10.7 Å². The maximum atomic E-state index is 12.2. The van der Waals surface area contributed by atoms with Crippen molar-refractivity contribution in [3.05, 3.63) is 42.4 Å². The first-order chi connectivity index (χ1) is 12.4. The molecule has 3 N–H and O–H groups in total. The quantitative estimate of drug-likeness (QED) is 0.634. The molecule has 0 saturated heterocycles. The van der Waals surface area contributed by atoms with E-state index >= 15 is 0 Å². The van der Waals surface area contributed by atoms with Crippen LogP contribution in [0.5, 0.6) is 0 Å². The molecule has 0 saturated carbocycles. The van der Waals surface area contributed by atoms with Gasteiger partial charge in [-0.2, -0.15) is 5.10 Å². The molecule has 0 bridgehead atoms. The Kier molecular flexibility index (Phi) is 6.42. The van der Waals surface area contributed by atoms with Gasteiger partial charge < -0.3 is 15.7 Å². The van der Waals surface area contributed by atoms with E-state index in [4.69, 9.17) is 5.11 Å². The van der Waals surface area contributed by atoms with Gasteiger partial charge in [-0.3, -0.25) is 9.59 Å². The van der Waals surface area contributed by atoms with Gasteiger partial charge in [-0.15, -0.1) is 0 Å². The van der Waals surface area contributed by atoms with Crippen molar-refractivity contribution in [2.45, 2.75) is 26.3 Å². The summed E-state index contributed by atoms with van der Waals surface area (Å²) in [5, 5.41) is 18.0. The molecule has 26 heavy (non-hydrogen) atoms. The first-order valence-corrected chi connectivity index (χ1v) is 8.14. The van der Waals surface area contributed by atoms with E-state index in [0.717, 1.165) is 0 Å². The molecule has 0 unspecified atom stereocenters. The standard InChI is InChI=1S/C17H21N5O4/c1-11(2)9-13(17(25)26)21-15(23)10-18-16(24)12-5-3-6-14(20-12)22-8-4-7-19-22/h3-8,11,13H,9-10H2,1-2H3,(H,18,24)(H,21,23)(H,25,26)/t13-/m0/s1. The molecule has 0 fully saturated rings. The molecule has 0 aromatic carbocycles. The van der Waals surface area contributed by atoms with Crippen LogP contribution in [-0.2, 0) is 9.59 Å². The Balaban J connectivity index is 1.93. The van der Waals surface area contributed by atoms with E-state index in [1.807, 2.05) is 13.8 Å². The average molecular weight is 359 g/mol. The summed E-state index contributed by atoms with van der Waals surface area (Å²) in [7, 11) is 0. The molecule has 2 aromatic rings. The van der Waals surface area contributed by atoms with Gasteiger partial charge in [-0.05, 0) is 30.5 Å². The van der Waals surface area contributed by atoms with Crippen LogP contribution >= 0.6 is 0 Å². The second-order valence-corrected chi connectivity index (χ2v) is 6.10. The summed E-state index contributed by atoms with van der Waals surface area (Å²) in [6.07, 6.45) is 3.59. The summed E-state index contributed by atoms with van der Waals surface area (Å²) in [6.45, 7) is 3.39. The lowest BCUT2D eigenvalue weighted by Gasteiger charge is -2.16. The maximum absolute atomic E-state index is 12.2. The van der Waals surface area contributed by atoms with Crippen LogP contribution in [0.4, 0.5) is 0 Å². The van der Waals surface area contributed by atoms with E-state index in [9.17, 15) is 14.4 Å². The molecule has 0 aliphatic rings. The highest BCUT2D eigenvalue weighted by Gasteiger charge is 2.21. The van der Waals surface area contributed by atoms with E-state index < -0.39 is 23.8 Å². The molecular weight excluding hydrogens is 338 g/mol. The number of amides is 2. The van der Waals surface area contributed by atoms with E-state index in [0.29, 0.717) is 12.2 Å². The fourth-order valence-electron chi connectivity index (χ4n) is 2.27. The molecule has 2 heterocycles.